The number of rotatable bonds is 8. The zero-order valence-corrected chi connectivity index (χ0v) is 21.4. The monoisotopic (exact) mass is 543 g/mol. The van der Waals surface area contributed by atoms with Crippen molar-refractivity contribution in [2.24, 2.45) is 5.73 Å². The van der Waals surface area contributed by atoms with E-state index < -0.39 is 30.7 Å². The fourth-order valence-electron chi connectivity index (χ4n) is 4.55. The van der Waals surface area contributed by atoms with Crippen molar-refractivity contribution < 1.29 is 32.3 Å². The van der Waals surface area contributed by atoms with Crippen LogP contribution in [0.2, 0.25) is 0 Å². The van der Waals surface area contributed by atoms with Crippen molar-refractivity contribution in [2.75, 3.05) is 13.1 Å². The molecule has 2 atom stereocenters. The van der Waals surface area contributed by atoms with Crippen LogP contribution in [0.3, 0.4) is 0 Å². The highest BCUT2D eigenvalue weighted by atomic mass is 19.4. The zero-order valence-electron chi connectivity index (χ0n) is 21.4. The Morgan fingerprint density at radius 3 is 2.51 bits per heavy atom. The number of aromatic nitrogens is 2. The number of hydrogen-bond donors (Lipinski definition) is 2. The van der Waals surface area contributed by atoms with Crippen molar-refractivity contribution in [3.05, 3.63) is 53.1 Å². The third-order valence-electron chi connectivity index (χ3n) is 6.53. The van der Waals surface area contributed by atoms with E-state index in [1.807, 2.05) is 32.0 Å². The lowest BCUT2D eigenvalue weighted by molar-refractivity contribution is -0.208. The Morgan fingerprint density at radius 1 is 1.18 bits per heavy atom. The average Bonchev–Trinajstić information content (AvgIpc) is 3.28. The first-order valence-electron chi connectivity index (χ1n) is 12.4. The van der Waals surface area contributed by atoms with Crippen LogP contribution in [0, 0.1) is 11.3 Å². The van der Waals surface area contributed by atoms with Gasteiger partial charge in [0.15, 0.2) is 6.10 Å². The SMILES string of the molecule is CC(C)Oc1ccc(-c2nc(-c3ccc4c(c3)CCN(C(CC(O)C(F)(F)F)C(N)=O)CC4)no2)cc1C#N. The number of amides is 1. The van der Waals surface area contributed by atoms with Crippen LogP contribution >= 0.6 is 0 Å². The normalized spacial score (nSPS) is 15.7. The van der Waals surface area contributed by atoms with Gasteiger partial charge in [-0.1, -0.05) is 17.3 Å². The number of carbonyl (C=O) groups is 1. The van der Waals surface area contributed by atoms with Crippen LogP contribution in [-0.2, 0) is 17.6 Å². The van der Waals surface area contributed by atoms with E-state index in [1.165, 1.54) is 0 Å². The standard InChI is InChI=1S/C27H28F3N5O4/c1-15(2)38-22-6-5-19(12-20(22)14-31)26-33-25(34-39-26)18-4-3-16-7-9-35(10-8-17(16)11-18)21(24(32)37)13-23(36)27(28,29)30/h3-6,11-12,15,21,23,36H,7-10,13H2,1-2H3,(H2,32,37). The molecule has 1 amide bonds. The molecule has 39 heavy (non-hydrogen) atoms. The maximum Gasteiger partial charge on any atom is 0.414 e. The fraction of sp³-hybridized carbons (Fsp3) is 0.407. The molecule has 206 valence electrons. The molecule has 9 nitrogen and oxygen atoms in total. The van der Waals surface area contributed by atoms with E-state index >= 15 is 0 Å². The van der Waals surface area contributed by atoms with Gasteiger partial charge in [0.05, 0.1) is 17.7 Å². The van der Waals surface area contributed by atoms with Gasteiger partial charge < -0.3 is 20.1 Å². The van der Waals surface area contributed by atoms with Crippen molar-refractivity contribution >= 4 is 5.91 Å². The summed E-state index contributed by atoms with van der Waals surface area (Å²) in [6.07, 6.45) is -7.44. The van der Waals surface area contributed by atoms with E-state index in [0.717, 1.165) is 11.1 Å². The number of nitrogens with two attached hydrogens (primary N) is 1. The van der Waals surface area contributed by atoms with Gasteiger partial charge in [-0.3, -0.25) is 9.69 Å². The van der Waals surface area contributed by atoms with Crippen LogP contribution in [-0.4, -0.2) is 63.6 Å². The molecule has 0 fully saturated rings. The first kappa shape index (κ1) is 28.1. The molecule has 0 spiro atoms. The number of hydrogen-bond acceptors (Lipinski definition) is 8. The highest BCUT2D eigenvalue weighted by Gasteiger charge is 2.42. The second-order valence-electron chi connectivity index (χ2n) is 9.64. The number of aliphatic hydroxyl groups excluding tert-OH is 1. The van der Waals surface area contributed by atoms with Gasteiger partial charge in [0.2, 0.25) is 11.7 Å². The molecule has 0 saturated heterocycles. The van der Waals surface area contributed by atoms with Gasteiger partial charge in [0.1, 0.15) is 11.8 Å². The van der Waals surface area contributed by atoms with Crippen molar-refractivity contribution in [1.29, 1.82) is 5.26 Å². The molecule has 2 aromatic carbocycles. The summed E-state index contributed by atoms with van der Waals surface area (Å²) in [7, 11) is 0. The van der Waals surface area contributed by atoms with Gasteiger partial charge in [-0.05, 0) is 62.1 Å². The number of carbonyl (C=O) groups excluding carboxylic acids is 1. The highest BCUT2D eigenvalue weighted by molar-refractivity contribution is 5.80. The Morgan fingerprint density at radius 2 is 1.87 bits per heavy atom. The van der Waals surface area contributed by atoms with Crippen LogP contribution < -0.4 is 10.5 Å². The van der Waals surface area contributed by atoms with Crippen molar-refractivity contribution in [3.63, 3.8) is 0 Å². The Hall–Kier alpha value is -3.95. The summed E-state index contributed by atoms with van der Waals surface area (Å²) >= 11 is 0. The predicted molar refractivity (Wildman–Crippen MR) is 134 cm³/mol. The minimum absolute atomic E-state index is 0.0913. The van der Waals surface area contributed by atoms with Crippen molar-refractivity contribution in [1.82, 2.24) is 15.0 Å². The second kappa shape index (κ2) is 11.4. The second-order valence-corrected chi connectivity index (χ2v) is 9.64. The summed E-state index contributed by atoms with van der Waals surface area (Å²) < 4.78 is 49.8. The molecule has 1 aliphatic rings. The minimum Gasteiger partial charge on any atom is -0.490 e. The number of ether oxygens (including phenoxy) is 1. The molecule has 0 bridgehead atoms. The molecule has 1 aliphatic heterocycles. The Labute approximate surface area is 223 Å². The molecule has 0 aliphatic carbocycles. The Balaban J connectivity index is 1.51. The lowest BCUT2D eigenvalue weighted by atomic mass is 10.00. The topological polar surface area (TPSA) is 138 Å². The van der Waals surface area contributed by atoms with Gasteiger partial charge in [0, 0.05) is 30.6 Å². The first-order valence-corrected chi connectivity index (χ1v) is 12.4. The van der Waals surface area contributed by atoms with Gasteiger partial charge in [-0.25, -0.2) is 0 Å². The minimum atomic E-state index is -4.83. The van der Waals surface area contributed by atoms with Gasteiger partial charge in [-0.15, -0.1) is 0 Å². The van der Waals surface area contributed by atoms with Crippen LogP contribution in [0.5, 0.6) is 5.75 Å². The van der Waals surface area contributed by atoms with Gasteiger partial charge in [0.25, 0.3) is 5.89 Å². The Kier molecular flexibility index (Phi) is 8.22. The Bertz CT molecular complexity index is 1380. The molecule has 1 aromatic heterocycles. The molecule has 4 rings (SSSR count). The smallest absolute Gasteiger partial charge is 0.414 e. The predicted octanol–water partition coefficient (Wildman–Crippen LogP) is 3.63. The van der Waals surface area contributed by atoms with Crippen LogP contribution in [0.1, 0.15) is 37.0 Å². The van der Waals surface area contributed by atoms with E-state index in [-0.39, 0.29) is 18.5 Å². The summed E-state index contributed by atoms with van der Waals surface area (Å²) in [5, 5.41) is 23.1. The number of alkyl halides is 3. The van der Waals surface area contributed by atoms with Crippen molar-refractivity contribution in [3.8, 4) is 34.7 Å². The summed E-state index contributed by atoms with van der Waals surface area (Å²) in [5.41, 5.74) is 8.89. The molecule has 0 radical (unpaired) electrons. The van der Waals surface area contributed by atoms with E-state index in [0.29, 0.717) is 47.7 Å². The zero-order chi connectivity index (χ0) is 28.3. The number of fused-ring (bicyclic) bond motifs is 1. The fourth-order valence-corrected chi connectivity index (χ4v) is 4.55. The quantitative estimate of drug-likeness (QED) is 0.439. The largest absolute Gasteiger partial charge is 0.490 e. The number of halogens is 3. The van der Waals surface area contributed by atoms with E-state index in [1.54, 1.807) is 23.1 Å². The lowest BCUT2D eigenvalue weighted by Gasteiger charge is -2.30. The average molecular weight is 544 g/mol. The molecular formula is C27H28F3N5O4. The molecule has 12 heteroatoms. The van der Waals surface area contributed by atoms with E-state index in [4.69, 9.17) is 15.0 Å². The molecule has 3 aromatic rings. The molecule has 0 saturated carbocycles. The van der Waals surface area contributed by atoms with Crippen LogP contribution in [0.25, 0.3) is 22.8 Å². The lowest BCUT2D eigenvalue weighted by Crippen LogP contribution is -2.49. The summed E-state index contributed by atoms with van der Waals surface area (Å²) in [6.45, 7) is 4.33. The number of primary amides is 1. The first-order chi connectivity index (χ1) is 18.5. The number of nitriles is 1. The van der Waals surface area contributed by atoms with E-state index in [2.05, 4.69) is 16.2 Å². The third-order valence-corrected chi connectivity index (χ3v) is 6.53. The molecule has 3 N–H and O–H groups in total. The van der Waals surface area contributed by atoms with Gasteiger partial charge in [-0.2, -0.15) is 23.4 Å². The summed E-state index contributed by atoms with van der Waals surface area (Å²) in [5.74, 6) is 0.111. The number of aliphatic hydroxyl groups is 1. The molecular weight excluding hydrogens is 515 g/mol. The summed E-state index contributed by atoms with van der Waals surface area (Å²) in [6, 6.07) is 11.5. The van der Waals surface area contributed by atoms with Crippen LogP contribution in [0.4, 0.5) is 13.2 Å². The molecule has 2 unspecified atom stereocenters. The highest BCUT2D eigenvalue weighted by Crippen LogP contribution is 2.30. The number of benzene rings is 2. The maximum atomic E-state index is 12.9. The van der Waals surface area contributed by atoms with Gasteiger partial charge >= 0.3 is 6.18 Å². The van der Waals surface area contributed by atoms with Crippen molar-refractivity contribution in [2.45, 2.75) is 57.5 Å². The number of nitrogens with zero attached hydrogens (tertiary/aromatic N) is 4. The molecule has 2 heterocycles. The van der Waals surface area contributed by atoms with Crippen LogP contribution in [0.15, 0.2) is 40.9 Å². The summed E-state index contributed by atoms with van der Waals surface area (Å²) in [4.78, 5) is 18.0. The maximum absolute atomic E-state index is 12.9. The third kappa shape index (κ3) is 6.55. The van der Waals surface area contributed by atoms with E-state index in [9.17, 15) is 28.3 Å².